The highest BCUT2D eigenvalue weighted by molar-refractivity contribution is 5.86. The highest BCUT2D eigenvalue weighted by Crippen LogP contribution is 2.32. The fourth-order valence-electron chi connectivity index (χ4n) is 3.21. The van der Waals surface area contributed by atoms with Gasteiger partial charge in [-0.05, 0) is 44.5 Å². The van der Waals surface area contributed by atoms with Crippen LogP contribution in [0.15, 0.2) is 48.5 Å². The molecule has 1 aliphatic rings. The SMILES string of the molecule is CC(C)(C)OC(=O)N1CCN(c2ccc(C=O)cc2-c2ccccc2)CC1. The number of rotatable bonds is 3. The third kappa shape index (κ3) is 4.67. The molecule has 0 atom stereocenters. The Morgan fingerprint density at radius 3 is 2.26 bits per heavy atom. The van der Waals surface area contributed by atoms with E-state index in [2.05, 4.69) is 4.90 Å². The molecule has 1 amide bonds. The van der Waals surface area contributed by atoms with Gasteiger partial charge < -0.3 is 14.5 Å². The lowest BCUT2D eigenvalue weighted by molar-refractivity contribution is 0.0240. The summed E-state index contributed by atoms with van der Waals surface area (Å²) in [5, 5.41) is 0. The molecule has 0 radical (unpaired) electrons. The van der Waals surface area contributed by atoms with Crippen molar-refractivity contribution in [1.29, 1.82) is 0 Å². The van der Waals surface area contributed by atoms with Gasteiger partial charge in [-0.1, -0.05) is 30.3 Å². The summed E-state index contributed by atoms with van der Waals surface area (Å²) in [4.78, 5) is 27.5. The highest BCUT2D eigenvalue weighted by Gasteiger charge is 2.26. The van der Waals surface area contributed by atoms with Gasteiger partial charge in [-0.15, -0.1) is 0 Å². The van der Waals surface area contributed by atoms with Crippen LogP contribution < -0.4 is 4.90 Å². The van der Waals surface area contributed by atoms with E-state index in [0.717, 1.165) is 36.2 Å². The maximum Gasteiger partial charge on any atom is 0.410 e. The summed E-state index contributed by atoms with van der Waals surface area (Å²) in [6, 6.07) is 15.8. The van der Waals surface area contributed by atoms with Gasteiger partial charge in [0.2, 0.25) is 0 Å². The zero-order valence-corrected chi connectivity index (χ0v) is 16.1. The molecule has 1 aliphatic heterocycles. The van der Waals surface area contributed by atoms with E-state index < -0.39 is 5.60 Å². The fourth-order valence-corrected chi connectivity index (χ4v) is 3.21. The number of amides is 1. The van der Waals surface area contributed by atoms with Gasteiger partial charge in [-0.25, -0.2) is 4.79 Å². The van der Waals surface area contributed by atoms with Crippen LogP contribution >= 0.6 is 0 Å². The number of anilines is 1. The number of hydrogen-bond donors (Lipinski definition) is 0. The van der Waals surface area contributed by atoms with E-state index in [1.807, 2.05) is 69.3 Å². The van der Waals surface area contributed by atoms with Gasteiger partial charge in [0, 0.05) is 43.0 Å². The number of carbonyl (C=O) groups excluding carboxylic acids is 2. The van der Waals surface area contributed by atoms with Crippen molar-refractivity contribution in [3.05, 3.63) is 54.1 Å². The fraction of sp³-hybridized carbons (Fsp3) is 0.364. The maximum atomic E-state index is 12.3. The Balaban J connectivity index is 1.78. The molecule has 2 aromatic carbocycles. The lowest BCUT2D eigenvalue weighted by Crippen LogP contribution is -2.50. The second kappa shape index (κ2) is 7.82. The third-order valence-corrected chi connectivity index (χ3v) is 4.51. The summed E-state index contributed by atoms with van der Waals surface area (Å²) < 4.78 is 5.47. The number of hydrogen-bond acceptors (Lipinski definition) is 4. The zero-order valence-electron chi connectivity index (χ0n) is 16.1. The van der Waals surface area contributed by atoms with E-state index >= 15 is 0 Å². The van der Waals surface area contributed by atoms with Crippen molar-refractivity contribution in [2.24, 2.45) is 0 Å². The lowest BCUT2D eigenvalue weighted by Gasteiger charge is -2.37. The van der Waals surface area contributed by atoms with Gasteiger partial charge in [0.25, 0.3) is 0 Å². The van der Waals surface area contributed by atoms with Crippen LogP contribution in [0.4, 0.5) is 10.5 Å². The van der Waals surface area contributed by atoms with Crippen molar-refractivity contribution in [2.75, 3.05) is 31.1 Å². The van der Waals surface area contributed by atoms with Crippen molar-refractivity contribution in [2.45, 2.75) is 26.4 Å². The summed E-state index contributed by atoms with van der Waals surface area (Å²) >= 11 is 0. The van der Waals surface area contributed by atoms with Crippen molar-refractivity contribution < 1.29 is 14.3 Å². The molecule has 0 N–H and O–H groups in total. The van der Waals surface area contributed by atoms with E-state index in [-0.39, 0.29) is 6.09 Å². The van der Waals surface area contributed by atoms with Gasteiger partial charge in [-0.2, -0.15) is 0 Å². The monoisotopic (exact) mass is 366 g/mol. The second-order valence-electron chi connectivity index (χ2n) is 7.71. The van der Waals surface area contributed by atoms with Crippen LogP contribution in [0.2, 0.25) is 0 Å². The number of nitrogens with zero attached hydrogens (tertiary/aromatic N) is 2. The van der Waals surface area contributed by atoms with Gasteiger partial charge in [-0.3, -0.25) is 4.79 Å². The van der Waals surface area contributed by atoms with Crippen LogP contribution in [-0.4, -0.2) is 49.1 Å². The molecule has 0 aliphatic carbocycles. The Bertz CT molecular complexity index is 804. The molecule has 0 saturated carbocycles. The summed E-state index contributed by atoms with van der Waals surface area (Å²) in [5.74, 6) is 0. The zero-order chi connectivity index (χ0) is 19.4. The van der Waals surface area contributed by atoms with E-state index in [9.17, 15) is 9.59 Å². The van der Waals surface area contributed by atoms with E-state index in [0.29, 0.717) is 18.7 Å². The van der Waals surface area contributed by atoms with Crippen LogP contribution in [0.3, 0.4) is 0 Å². The number of carbonyl (C=O) groups is 2. The number of aldehydes is 1. The molecule has 2 aromatic rings. The molecule has 1 heterocycles. The van der Waals surface area contributed by atoms with E-state index in [1.165, 1.54) is 0 Å². The molecule has 0 bridgehead atoms. The Morgan fingerprint density at radius 1 is 1.00 bits per heavy atom. The molecule has 0 spiro atoms. The molecule has 3 rings (SSSR count). The smallest absolute Gasteiger partial charge is 0.410 e. The van der Waals surface area contributed by atoms with Crippen LogP contribution in [0.5, 0.6) is 0 Å². The summed E-state index contributed by atoms with van der Waals surface area (Å²) in [6.07, 6.45) is 0.609. The molecule has 1 fully saturated rings. The Morgan fingerprint density at radius 2 is 1.67 bits per heavy atom. The topological polar surface area (TPSA) is 49.9 Å². The summed E-state index contributed by atoms with van der Waals surface area (Å²) in [6.45, 7) is 8.29. The molecule has 142 valence electrons. The third-order valence-electron chi connectivity index (χ3n) is 4.51. The minimum Gasteiger partial charge on any atom is -0.444 e. The molecule has 0 unspecified atom stereocenters. The minimum absolute atomic E-state index is 0.262. The first kappa shape index (κ1) is 19.0. The number of piperazine rings is 1. The molecule has 1 saturated heterocycles. The summed E-state index contributed by atoms with van der Waals surface area (Å²) in [5.41, 5.74) is 3.36. The first-order chi connectivity index (χ1) is 12.9. The van der Waals surface area contributed by atoms with Crippen LogP contribution in [0.1, 0.15) is 31.1 Å². The van der Waals surface area contributed by atoms with Crippen LogP contribution in [-0.2, 0) is 4.74 Å². The molecule has 27 heavy (non-hydrogen) atoms. The quantitative estimate of drug-likeness (QED) is 0.763. The Hall–Kier alpha value is -2.82. The maximum absolute atomic E-state index is 12.3. The van der Waals surface area contributed by atoms with Crippen molar-refractivity contribution >= 4 is 18.1 Å². The van der Waals surface area contributed by atoms with Gasteiger partial charge in [0.15, 0.2) is 0 Å². The standard InChI is InChI=1S/C22H26N2O3/c1-22(2,3)27-21(26)24-13-11-23(12-14-24)20-10-9-17(16-25)15-19(20)18-7-5-4-6-8-18/h4-10,15-16H,11-14H2,1-3H3. The Kier molecular flexibility index (Phi) is 5.49. The molecule has 5 heteroatoms. The highest BCUT2D eigenvalue weighted by atomic mass is 16.6. The van der Waals surface area contributed by atoms with Crippen molar-refractivity contribution in [1.82, 2.24) is 4.90 Å². The lowest BCUT2D eigenvalue weighted by atomic mass is 10.00. The first-order valence-corrected chi connectivity index (χ1v) is 9.25. The molecule has 5 nitrogen and oxygen atoms in total. The van der Waals surface area contributed by atoms with Crippen molar-refractivity contribution in [3.63, 3.8) is 0 Å². The Labute approximate surface area is 160 Å². The summed E-state index contributed by atoms with van der Waals surface area (Å²) in [7, 11) is 0. The van der Waals surface area contributed by atoms with E-state index in [1.54, 1.807) is 4.90 Å². The average molecular weight is 366 g/mol. The molecular formula is C22H26N2O3. The van der Waals surface area contributed by atoms with Gasteiger partial charge in [0.05, 0.1) is 0 Å². The van der Waals surface area contributed by atoms with E-state index in [4.69, 9.17) is 4.74 Å². The van der Waals surface area contributed by atoms with Gasteiger partial charge in [0.1, 0.15) is 11.9 Å². The van der Waals surface area contributed by atoms with Gasteiger partial charge >= 0.3 is 6.09 Å². The predicted octanol–water partition coefficient (Wildman–Crippen LogP) is 4.22. The van der Waals surface area contributed by atoms with Crippen LogP contribution in [0.25, 0.3) is 11.1 Å². The molecular weight excluding hydrogens is 340 g/mol. The predicted molar refractivity (Wildman–Crippen MR) is 107 cm³/mol. The number of benzene rings is 2. The minimum atomic E-state index is -0.487. The molecule has 0 aromatic heterocycles. The van der Waals surface area contributed by atoms with Crippen molar-refractivity contribution in [3.8, 4) is 11.1 Å². The largest absolute Gasteiger partial charge is 0.444 e. The second-order valence-corrected chi connectivity index (χ2v) is 7.71. The number of ether oxygens (including phenoxy) is 1. The average Bonchev–Trinajstić information content (AvgIpc) is 2.67. The van der Waals surface area contributed by atoms with Crippen LogP contribution in [0, 0.1) is 0 Å². The normalized spacial score (nSPS) is 14.8. The first-order valence-electron chi connectivity index (χ1n) is 9.25.